The van der Waals surface area contributed by atoms with Crippen LogP contribution >= 0.6 is 15.9 Å². The second-order valence-electron chi connectivity index (χ2n) is 5.58. The summed E-state index contributed by atoms with van der Waals surface area (Å²) in [6.07, 6.45) is -0.609. The molecule has 124 valence electrons. The fourth-order valence-corrected chi connectivity index (χ4v) is 2.56. The van der Waals surface area contributed by atoms with Crippen molar-refractivity contribution < 1.29 is 14.2 Å². The lowest BCUT2D eigenvalue weighted by Crippen LogP contribution is -2.31. The molecule has 0 spiro atoms. The maximum Gasteiger partial charge on any atom is 0.128 e. The molecule has 5 heteroatoms. The van der Waals surface area contributed by atoms with E-state index in [4.69, 9.17) is 4.74 Å². The Morgan fingerprint density at radius 3 is 2.57 bits per heavy atom. The lowest BCUT2D eigenvalue weighted by molar-refractivity contribution is 0.0119. The molecule has 2 rings (SSSR count). The zero-order valence-electron chi connectivity index (χ0n) is 13.1. The summed E-state index contributed by atoms with van der Waals surface area (Å²) in [6, 6.07) is 14.6. The smallest absolute Gasteiger partial charge is 0.128 e. The Morgan fingerprint density at radius 2 is 1.87 bits per heavy atom. The lowest BCUT2D eigenvalue weighted by atomic mass is 10.2. The minimum Gasteiger partial charge on any atom is -0.389 e. The summed E-state index contributed by atoms with van der Waals surface area (Å²) in [7, 11) is 1.95. The van der Waals surface area contributed by atoms with Crippen LogP contribution < -0.4 is 0 Å². The van der Waals surface area contributed by atoms with Crippen LogP contribution in [0, 0.1) is 5.82 Å². The van der Waals surface area contributed by atoms with Crippen molar-refractivity contribution in [2.24, 2.45) is 0 Å². The number of halogens is 2. The zero-order chi connectivity index (χ0) is 16.7. The van der Waals surface area contributed by atoms with Gasteiger partial charge < -0.3 is 9.84 Å². The van der Waals surface area contributed by atoms with Gasteiger partial charge in [0.05, 0.1) is 19.3 Å². The molecule has 0 saturated heterocycles. The van der Waals surface area contributed by atoms with Crippen LogP contribution in [0.25, 0.3) is 0 Å². The van der Waals surface area contributed by atoms with Crippen LogP contribution in [0.4, 0.5) is 4.39 Å². The van der Waals surface area contributed by atoms with Crippen molar-refractivity contribution in [3.63, 3.8) is 0 Å². The van der Waals surface area contributed by atoms with Gasteiger partial charge in [-0.1, -0.05) is 46.3 Å². The van der Waals surface area contributed by atoms with E-state index in [1.807, 2.05) is 36.2 Å². The molecule has 0 aliphatic carbocycles. The lowest BCUT2D eigenvalue weighted by Gasteiger charge is -2.20. The highest BCUT2D eigenvalue weighted by Gasteiger charge is 2.10. The summed E-state index contributed by atoms with van der Waals surface area (Å²) >= 11 is 3.41. The summed E-state index contributed by atoms with van der Waals surface area (Å²) in [5, 5.41) is 10.0. The highest BCUT2D eigenvalue weighted by Crippen LogP contribution is 2.12. The third-order valence-corrected chi connectivity index (χ3v) is 3.94. The molecule has 0 aromatic heterocycles. The molecule has 3 nitrogen and oxygen atoms in total. The third-order valence-electron chi connectivity index (χ3n) is 3.41. The minimum atomic E-state index is -0.609. The van der Waals surface area contributed by atoms with Gasteiger partial charge in [0.25, 0.3) is 0 Å². The Hall–Kier alpha value is -1.27. The van der Waals surface area contributed by atoms with Gasteiger partial charge in [0.1, 0.15) is 5.82 Å². The van der Waals surface area contributed by atoms with Gasteiger partial charge in [0.15, 0.2) is 0 Å². The third kappa shape index (κ3) is 6.39. The fourth-order valence-electron chi connectivity index (χ4n) is 2.30. The van der Waals surface area contributed by atoms with Crippen LogP contribution in [0.1, 0.15) is 11.1 Å². The van der Waals surface area contributed by atoms with E-state index in [0.29, 0.717) is 12.1 Å². The van der Waals surface area contributed by atoms with Crippen molar-refractivity contribution in [3.8, 4) is 0 Å². The average molecular weight is 382 g/mol. The molecule has 0 saturated carbocycles. The number of aliphatic hydroxyl groups is 1. The monoisotopic (exact) mass is 381 g/mol. The summed E-state index contributed by atoms with van der Waals surface area (Å²) in [4.78, 5) is 2.03. The van der Waals surface area contributed by atoms with E-state index in [2.05, 4.69) is 15.9 Å². The van der Waals surface area contributed by atoms with Crippen molar-refractivity contribution in [1.29, 1.82) is 0 Å². The Balaban J connectivity index is 1.70. The Kier molecular flexibility index (Phi) is 7.17. The maximum absolute atomic E-state index is 13.4. The van der Waals surface area contributed by atoms with Crippen LogP contribution in [0.5, 0.6) is 0 Å². The van der Waals surface area contributed by atoms with E-state index in [0.717, 1.165) is 11.0 Å². The zero-order valence-corrected chi connectivity index (χ0v) is 14.7. The molecule has 0 fully saturated rings. The van der Waals surface area contributed by atoms with Crippen molar-refractivity contribution >= 4 is 15.9 Å². The molecule has 1 atom stereocenters. The molecule has 0 aliphatic heterocycles. The quantitative estimate of drug-likeness (QED) is 0.758. The first kappa shape index (κ1) is 18.1. The highest BCUT2D eigenvalue weighted by molar-refractivity contribution is 9.10. The van der Waals surface area contributed by atoms with Crippen LogP contribution in [0.15, 0.2) is 53.0 Å². The van der Waals surface area contributed by atoms with Gasteiger partial charge in [-0.15, -0.1) is 0 Å². The normalized spacial score (nSPS) is 12.6. The number of benzene rings is 2. The molecule has 2 aromatic carbocycles. The first-order valence-corrected chi connectivity index (χ1v) is 8.26. The van der Waals surface area contributed by atoms with Gasteiger partial charge in [0.2, 0.25) is 0 Å². The second-order valence-corrected chi connectivity index (χ2v) is 6.50. The number of likely N-dealkylation sites (N-methyl/N-ethyl adjacent to an activating group) is 1. The molecule has 0 radical (unpaired) electrons. The summed E-state index contributed by atoms with van der Waals surface area (Å²) in [6.45, 7) is 1.59. The molecule has 1 N–H and O–H groups in total. The minimum absolute atomic E-state index is 0.167. The molecule has 0 amide bonds. The van der Waals surface area contributed by atoms with Gasteiger partial charge in [-0.25, -0.2) is 4.39 Å². The largest absolute Gasteiger partial charge is 0.389 e. The van der Waals surface area contributed by atoms with Crippen molar-refractivity contribution in [2.75, 3.05) is 20.2 Å². The number of hydrogen-bond acceptors (Lipinski definition) is 3. The predicted molar refractivity (Wildman–Crippen MR) is 92.5 cm³/mol. The molecule has 1 unspecified atom stereocenters. The van der Waals surface area contributed by atoms with E-state index in [-0.39, 0.29) is 19.0 Å². The molecular weight excluding hydrogens is 361 g/mol. The number of nitrogens with zero attached hydrogens (tertiary/aromatic N) is 1. The summed E-state index contributed by atoms with van der Waals surface area (Å²) in [5.74, 6) is -0.283. The summed E-state index contributed by atoms with van der Waals surface area (Å²) in [5.41, 5.74) is 1.68. The van der Waals surface area contributed by atoms with Crippen molar-refractivity contribution in [3.05, 3.63) is 69.9 Å². The van der Waals surface area contributed by atoms with Crippen molar-refractivity contribution in [2.45, 2.75) is 19.3 Å². The van der Waals surface area contributed by atoms with E-state index < -0.39 is 6.10 Å². The van der Waals surface area contributed by atoms with Crippen LogP contribution in [0.3, 0.4) is 0 Å². The number of ether oxygens (including phenoxy) is 1. The number of aliphatic hydroxyl groups excluding tert-OH is 1. The average Bonchev–Trinajstić information content (AvgIpc) is 2.51. The first-order chi connectivity index (χ1) is 11.0. The first-order valence-electron chi connectivity index (χ1n) is 7.47. The van der Waals surface area contributed by atoms with Gasteiger partial charge in [-0.05, 0) is 30.8 Å². The Bertz CT molecular complexity index is 606. The molecule has 0 aliphatic rings. The van der Waals surface area contributed by atoms with Crippen LogP contribution in [-0.2, 0) is 17.9 Å². The van der Waals surface area contributed by atoms with Gasteiger partial charge in [-0.3, -0.25) is 4.90 Å². The molecule has 23 heavy (non-hydrogen) atoms. The van der Waals surface area contributed by atoms with Gasteiger partial charge in [-0.2, -0.15) is 0 Å². The number of hydrogen-bond donors (Lipinski definition) is 1. The topological polar surface area (TPSA) is 32.7 Å². The predicted octanol–water partition coefficient (Wildman–Crippen LogP) is 3.60. The van der Waals surface area contributed by atoms with E-state index in [1.54, 1.807) is 18.2 Å². The maximum atomic E-state index is 13.4. The molecule has 0 bridgehead atoms. The van der Waals surface area contributed by atoms with Crippen LogP contribution in [0.2, 0.25) is 0 Å². The SMILES string of the molecule is CN(Cc1ccc(Br)cc1)CC(O)COCc1ccccc1F. The molecule has 0 heterocycles. The highest BCUT2D eigenvalue weighted by atomic mass is 79.9. The van der Waals surface area contributed by atoms with Crippen LogP contribution in [-0.4, -0.2) is 36.3 Å². The second kappa shape index (κ2) is 9.13. The number of rotatable bonds is 8. The Morgan fingerprint density at radius 1 is 1.17 bits per heavy atom. The van der Waals surface area contributed by atoms with E-state index in [1.165, 1.54) is 11.6 Å². The Labute approximate surface area is 144 Å². The standard InChI is InChI=1S/C18H21BrFNO2/c1-21(10-14-6-8-16(19)9-7-14)11-17(22)13-23-12-15-4-2-3-5-18(15)20/h2-9,17,22H,10-13H2,1H3. The molecular formula is C18H21BrFNO2. The van der Waals surface area contributed by atoms with Crippen molar-refractivity contribution in [1.82, 2.24) is 4.90 Å². The fraction of sp³-hybridized carbons (Fsp3) is 0.333. The molecule has 2 aromatic rings. The van der Waals surface area contributed by atoms with E-state index >= 15 is 0 Å². The van der Waals surface area contributed by atoms with Gasteiger partial charge >= 0.3 is 0 Å². The van der Waals surface area contributed by atoms with E-state index in [9.17, 15) is 9.50 Å². The van der Waals surface area contributed by atoms with Gasteiger partial charge in [0, 0.05) is 23.1 Å². The summed E-state index contributed by atoms with van der Waals surface area (Å²) < 4.78 is 19.9.